The Kier molecular flexibility index (Phi) is 5.09. The van der Waals surface area contributed by atoms with Crippen LogP contribution in [0.3, 0.4) is 0 Å². The van der Waals surface area contributed by atoms with Gasteiger partial charge in [-0.25, -0.2) is 4.52 Å². The summed E-state index contributed by atoms with van der Waals surface area (Å²) < 4.78 is 7.01. The molecule has 1 aromatic carbocycles. The molecule has 180 valence electrons. The van der Waals surface area contributed by atoms with E-state index in [-0.39, 0.29) is 5.91 Å². The van der Waals surface area contributed by atoms with Gasteiger partial charge in [-0.2, -0.15) is 10.1 Å². The number of methoxy groups -OCH3 is 1. The number of carbonyl (C=O) groups excluding carboxylic acids is 1. The summed E-state index contributed by atoms with van der Waals surface area (Å²) in [5.74, 6) is 3.11. The van der Waals surface area contributed by atoms with E-state index in [1.807, 2.05) is 60.5 Å². The average molecular weight is 473 g/mol. The summed E-state index contributed by atoms with van der Waals surface area (Å²) in [4.78, 5) is 20.3. The fourth-order valence-corrected chi connectivity index (χ4v) is 4.71. The molecule has 6 rings (SSSR count). The zero-order valence-electron chi connectivity index (χ0n) is 19.8. The molecular weight excluding hydrogens is 444 g/mol. The highest BCUT2D eigenvalue weighted by Crippen LogP contribution is 2.40. The Morgan fingerprint density at radius 3 is 2.83 bits per heavy atom. The summed E-state index contributed by atoms with van der Waals surface area (Å²) in [6.45, 7) is 2.64. The molecule has 4 heterocycles. The molecule has 1 saturated heterocycles. The third-order valence-corrected chi connectivity index (χ3v) is 6.96. The molecule has 3 N–H and O–H groups in total. The maximum atomic E-state index is 13.5. The first kappa shape index (κ1) is 21.5. The van der Waals surface area contributed by atoms with Crippen LogP contribution in [0.2, 0.25) is 0 Å². The van der Waals surface area contributed by atoms with Crippen LogP contribution < -0.4 is 20.3 Å². The van der Waals surface area contributed by atoms with Crippen molar-refractivity contribution in [1.82, 2.24) is 24.8 Å². The van der Waals surface area contributed by atoms with E-state index in [9.17, 15) is 4.79 Å². The number of anilines is 4. The fraction of sp³-hybridized carbons (Fsp3) is 0.360. The molecule has 10 nitrogen and oxygen atoms in total. The number of hydrogen-bond acceptors (Lipinski definition) is 7. The molecule has 4 aromatic rings. The van der Waals surface area contributed by atoms with E-state index < -0.39 is 5.54 Å². The number of rotatable bonds is 7. The Morgan fingerprint density at radius 1 is 1.23 bits per heavy atom. The van der Waals surface area contributed by atoms with Crippen molar-refractivity contribution in [3.8, 4) is 5.75 Å². The Hall–Kier alpha value is -4.08. The number of H-pyrrole nitrogens is 1. The Balaban J connectivity index is 1.29. The maximum absolute atomic E-state index is 13.5. The number of benzene rings is 1. The summed E-state index contributed by atoms with van der Waals surface area (Å²) in [6.07, 6.45) is 5.86. The van der Waals surface area contributed by atoms with Crippen LogP contribution in [0.25, 0.3) is 5.52 Å². The molecule has 3 aromatic heterocycles. The standard InChI is InChI=1S/C25H28N8O2/c1-25(23(34)26-17-8-10-18(35-2)11-9-17)12-4-13-32(25)24-28-22(20-5-3-14-33(20)31-24)27-21-15-19(29-30-21)16-6-7-16/h3,5,8-11,14-16H,4,6-7,12-13H2,1-2H3,(H,26,34)(H2,27,28,29,30,31)/t25-/m0/s1. The third kappa shape index (κ3) is 3.94. The molecule has 1 saturated carbocycles. The first-order chi connectivity index (χ1) is 17.0. The first-order valence-corrected chi connectivity index (χ1v) is 11.9. The zero-order chi connectivity index (χ0) is 24.0. The van der Waals surface area contributed by atoms with Crippen LogP contribution in [0.15, 0.2) is 48.7 Å². The minimum Gasteiger partial charge on any atom is -0.497 e. The molecule has 0 unspecified atom stereocenters. The number of ether oxygens (including phenoxy) is 1. The molecule has 0 spiro atoms. The van der Waals surface area contributed by atoms with Gasteiger partial charge < -0.3 is 20.3 Å². The monoisotopic (exact) mass is 472 g/mol. The number of amides is 1. The quantitative estimate of drug-likeness (QED) is 0.371. The highest BCUT2D eigenvalue weighted by Gasteiger charge is 2.45. The lowest BCUT2D eigenvalue weighted by Crippen LogP contribution is -2.51. The van der Waals surface area contributed by atoms with Crippen LogP contribution in [0.4, 0.5) is 23.3 Å². The molecule has 1 atom stereocenters. The van der Waals surface area contributed by atoms with E-state index in [2.05, 4.69) is 20.8 Å². The number of nitrogens with zero attached hydrogens (tertiary/aromatic N) is 5. The van der Waals surface area contributed by atoms with E-state index in [1.165, 1.54) is 12.8 Å². The zero-order valence-corrected chi connectivity index (χ0v) is 19.8. The van der Waals surface area contributed by atoms with Crippen molar-refractivity contribution in [2.24, 2.45) is 0 Å². The molecule has 0 bridgehead atoms. The number of carbonyl (C=O) groups is 1. The number of aromatic nitrogens is 5. The Bertz CT molecular complexity index is 1370. The Labute approximate surface area is 202 Å². The van der Waals surface area contributed by atoms with Gasteiger partial charge in [0.25, 0.3) is 0 Å². The molecule has 35 heavy (non-hydrogen) atoms. The van der Waals surface area contributed by atoms with Crippen molar-refractivity contribution in [1.29, 1.82) is 0 Å². The van der Waals surface area contributed by atoms with Gasteiger partial charge in [0.2, 0.25) is 11.9 Å². The topological polar surface area (TPSA) is 112 Å². The molecule has 2 aliphatic rings. The van der Waals surface area contributed by atoms with Crippen LogP contribution in [0.1, 0.15) is 44.2 Å². The number of nitrogens with one attached hydrogen (secondary N) is 3. The lowest BCUT2D eigenvalue weighted by molar-refractivity contribution is -0.120. The van der Waals surface area contributed by atoms with Crippen LogP contribution >= 0.6 is 0 Å². The predicted molar refractivity (Wildman–Crippen MR) is 133 cm³/mol. The smallest absolute Gasteiger partial charge is 0.250 e. The van der Waals surface area contributed by atoms with Crippen molar-refractivity contribution in [3.63, 3.8) is 0 Å². The molecule has 2 fully saturated rings. The molecular formula is C25H28N8O2. The highest BCUT2D eigenvalue weighted by atomic mass is 16.5. The van der Waals surface area contributed by atoms with Gasteiger partial charge in [0, 0.05) is 36.1 Å². The van der Waals surface area contributed by atoms with Gasteiger partial charge in [-0.15, -0.1) is 5.10 Å². The first-order valence-electron chi connectivity index (χ1n) is 11.9. The van der Waals surface area contributed by atoms with E-state index in [1.54, 1.807) is 11.6 Å². The maximum Gasteiger partial charge on any atom is 0.250 e. The third-order valence-electron chi connectivity index (χ3n) is 6.96. The van der Waals surface area contributed by atoms with E-state index >= 15 is 0 Å². The largest absolute Gasteiger partial charge is 0.497 e. The van der Waals surface area contributed by atoms with Crippen LogP contribution in [-0.4, -0.2) is 49.9 Å². The molecule has 1 aliphatic heterocycles. The summed E-state index contributed by atoms with van der Waals surface area (Å²) in [5.41, 5.74) is 1.92. The molecule has 1 amide bonds. The minimum atomic E-state index is -0.788. The van der Waals surface area contributed by atoms with Crippen LogP contribution in [0, 0.1) is 0 Å². The summed E-state index contributed by atoms with van der Waals surface area (Å²) in [6, 6.07) is 13.3. The predicted octanol–water partition coefficient (Wildman–Crippen LogP) is 4.08. The van der Waals surface area contributed by atoms with E-state index in [0.29, 0.717) is 30.6 Å². The van der Waals surface area contributed by atoms with Gasteiger partial charge in [-0.1, -0.05) is 0 Å². The van der Waals surface area contributed by atoms with Crippen molar-refractivity contribution < 1.29 is 9.53 Å². The highest BCUT2D eigenvalue weighted by molar-refractivity contribution is 6.00. The van der Waals surface area contributed by atoms with Gasteiger partial charge in [-0.05, 0) is 69.0 Å². The minimum absolute atomic E-state index is 0.0905. The van der Waals surface area contributed by atoms with Gasteiger partial charge in [0.1, 0.15) is 16.8 Å². The number of fused-ring (bicyclic) bond motifs is 1. The molecule has 1 aliphatic carbocycles. The van der Waals surface area contributed by atoms with Crippen LogP contribution in [-0.2, 0) is 4.79 Å². The normalized spacial score (nSPS) is 19.8. The van der Waals surface area contributed by atoms with Crippen LogP contribution in [0.5, 0.6) is 5.75 Å². The van der Waals surface area contributed by atoms with Crippen molar-refractivity contribution >= 4 is 34.7 Å². The SMILES string of the molecule is COc1ccc(NC(=O)[C@]2(C)CCCN2c2nc(Nc3cc(C4CC4)[nH]n3)c3cccn3n2)cc1. The second-order valence-electron chi connectivity index (χ2n) is 9.42. The second kappa shape index (κ2) is 8.30. The summed E-state index contributed by atoms with van der Waals surface area (Å²) in [5, 5.41) is 18.7. The van der Waals surface area contributed by atoms with Crippen molar-refractivity contribution in [2.75, 3.05) is 29.2 Å². The molecule has 0 radical (unpaired) electrons. The van der Waals surface area contributed by atoms with Gasteiger partial charge in [0.15, 0.2) is 11.6 Å². The fourth-order valence-electron chi connectivity index (χ4n) is 4.71. The van der Waals surface area contributed by atoms with E-state index in [4.69, 9.17) is 14.8 Å². The van der Waals surface area contributed by atoms with Crippen molar-refractivity contribution in [2.45, 2.75) is 44.1 Å². The Morgan fingerprint density at radius 2 is 2.06 bits per heavy atom. The number of hydrogen-bond donors (Lipinski definition) is 3. The summed E-state index contributed by atoms with van der Waals surface area (Å²) in [7, 11) is 1.62. The summed E-state index contributed by atoms with van der Waals surface area (Å²) >= 11 is 0. The van der Waals surface area contributed by atoms with Gasteiger partial charge in [0.05, 0.1) is 7.11 Å². The number of aromatic amines is 1. The lowest BCUT2D eigenvalue weighted by Gasteiger charge is -2.34. The van der Waals surface area contributed by atoms with Crippen molar-refractivity contribution in [3.05, 3.63) is 54.4 Å². The average Bonchev–Trinajstić information content (AvgIpc) is 3.23. The lowest BCUT2D eigenvalue weighted by atomic mass is 9.97. The van der Waals surface area contributed by atoms with Gasteiger partial charge >= 0.3 is 0 Å². The second-order valence-corrected chi connectivity index (χ2v) is 9.42. The van der Waals surface area contributed by atoms with E-state index in [0.717, 1.165) is 34.9 Å². The van der Waals surface area contributed by atoms with Gasteiger partial charge in [-0.3, -0.25) is 9.89 Å². The molecule has 10 heteroatoms.